The first-order chi connectivity index (χ1) is 17.7. The van der Waals surface area contributed by atoms with Gasteiger partial charge in [-0.05, 0) is 55.2 Å². The van der Waals surface area contributed by atoms with Crippen molar-refractivity contribution in [2.24, 2.45) is 5.92 Å². The highest BCUT2D eigenvalue weighted by Crippen LogP contribution is 2.30. The predicted molar refractivity (Wildman–Crippen MR) is 145 cm³/mol. The van der Waals surface area contributed by atoms with E-state index in [1.165, 1.54) is 0 Å². The first kappa shape index (κ1) is 26.7. The number of benzene rings is 3. The Morgan fingerprint density at radius 2 is 1.73 bits per heavy atom. The van der Waals surface area contributed by atoms with Crippen molar-refractivity contribution in [1.29, 1.82) is 0 Å². The van der Waals surface area contributed by atoms with Crippen molar-refractivity contribution in [3.8, 4) is 11.1 Å². The van der Waals surface area contributed by atoms with Gasteiger partial charge in [-0.3, -0.25) is 9.59 Å². The van der Waals surface area contributed by atoms with Gasteiger partial charge >= 0.3 is 5.97 Å². The largest absolute Gasteiger partial charge is 0.480 e. The number of amides is 2. The molecule has 37 heavy (non-hydrogen) atoms. The number of halogens is 2. The number of nitrogens with one attached hydrogen (secondary N) is 1. The summed E-state index contributed by atoms with van der Waals surface area (Å²) in [6.45, 7) is 2.79. The normalized spacial score (nSPS) is 16.2. The van der Waals surface area contributed by atoms with E-state index in [4.69, 9.17) is 23.2 Å². The van der Waals surface area contributed by atoms with Crippen LogP contribution in [0, 0.1) is 12.8 Å². The van der Waals surface area contributed by atoms with Crippen molar-refractivity contribution in [3.63, 3.8) is 0 Å². The number of carboxylic acids is 1. The fraction of sp³-hybridized carbons (Fsp3) is 0.276. The van der Waals surface area contributed by atoms with Gasteiger partial charge in [0.25, 0.3) is 5.91 Å². The highest BCUT2D eigenvalue weighted by atomic mass is 35.5. The Morgan fingerprint density at radius 3 is 2.38 bits per heavy atom. The molecule has 1 saturated heterocycles. The molecule has 0 saturated carbocycles. The van der Waals surface area contributed by atoms with E-state index in [0.29, 0.717) is 35.0 Å². The van der Waals surface area contributed by atoms with Crippen LogP contribution in [0.5, 0.6) is 0 Å². The summed E-state index contributed by atoms with van der Waals surface area (Å²) in [5.74, 6) is -2.03. The molecule has 0 spiro atoms. The molecular formula is C29H28Cl2N2O4. The Bertz CT molecular complexity index is 1290. The minimum absolute atomic E-state index is 0.117. The maximum atomic E-state index is 13.0. The van der Waals surface area contributed by atoms with Crippen LogP contribution in [0.25, 0.3) is 11.1 Å². The van der Waals surface area contributed by atoms with E-state index < -0.39 is 17.9 Å². The molecule has 6 nitrogen and oxygen atoms in total. The lowest BCUT2D eigenvalue weighted by atomic mass is 9.95. The van der Waals surface area contributed by atoms with Crippen LogP contribution in [-0.4, -0.2) is 46.9 Å². The molecule has 0 aliphatic carbocycles. The number of nitrogens with zero attached hydrogens (tertiary/aromatic N) is 1. The Kier molecular flexibility index (Phi) is 8.52. The minimum Gasteiger partial charge on any atom is -0.480 e. The van der Waals surface area contributed by atoms with Crippen LogP contribution in [0.15, 0.2) is 66.7 Å². The van der Waals surface area contributed by atoms with E-state index >= 15 is 0 Å². The fourth-order valence-electron chi connectivity index (χ4n) is 4.52. The molecule has 192 valence electrons. The second kappa shape index (κ2) is 11.8. The van der Waals surface area contributed by atoms with Gasteiger partial charge in [-0.2, -0.15) is 0 Å². The van der Waals surface area contributed by atoms with Gasteiger partial charge in [0.15, 0.2) is 0 Å². The van der Waals surface area contributed by atoms with Gasteiger partial charge < -0.3 is 15.3 Å². The minimum atomic E-state index is -1.11. The summed E-state index contributed by atoms with van der Waals surface area (Å²) in [5.41, 5.74) is 4.11. The van der Waals surface area contributed by atoms with Crippen molar-refractivity contribution in [3.05, 3.63) is 93.5 Å². The number of aliphatic carboxylic acids is 1. The SMILES string of the molecule is Cc1ccc(C(=O)N2CCCC(C(=O)N[C@@H](Cc3ccc(-c4ccc(Cl)cc4Cl)cc3)C(=O)O)C2)cc1. The molecule has 0 radical (unpaired) electrons. The number of carbonyl (C=O) groups excluding carboxylic acids is 2. The van der Waals surface area contributed by atoms with E-state index in [1.807, 2.05) is 49.4 Å². The second-order valence-corrected chi connectivity index (χ2v) is 10.2. The lowest BCUT2D eigenvalue weighted by Gasteiger charge is -2.32. The summed E-state index contributed by atoms with van der Waals surface area (Å²) in [7, 11) is 0. The third kappa shape index (κ3) is 6.70. The van der Waals surface area contributed by atoms with Crippen LogP contribution in [-0.2, 0) is 16.0 Å². The molecule has 8 heteroatoms. The van der Waals surface area contributed by atoms with E-state index in [1.54, 1.807) is 29.2 Å². The lowest BCUT2D eigenvalue weighted by molar-refractivity contribution is -0.142. The summed E-state index contributed by atoms with van der Waals surface area (Å²) < 4.78 is 0. The van der Waals surface area contributed by atoms with Crippen LogP contribution >= 0.6 is 23.2 Å². The average Bonchev–Trinajstić information content (AvgIpc) is 2.89. The fourth-order valence-corrected chi connectivity index (χ4v) is 5.04. The highest BCUT2D eigenvalue weighted by Gasteiger charge is 2.31. The zero-order valence-electron chi connectivity index (χ0n) is 20.4. The average molecular weight is 539 g/mol. The number of aryl methyl sites for hydroxylation is 1. The summed E-state index contributed by atoms with van der Waals surface area (Å²) in [6, 6.07) is 18.9. The third-order valence-corrected chi connectivity index (χ3v) is 7.18. The van der Waals surface area contributed by atoms with E-state index in [9.17, 15) is 19.5 Å². The van der Waals surface area contributed by atoms with Crippen molar-refractivity contribution in [2.75, 3.05) is 13.1 Å². The smallest absolute Gasteiger partial charge is 0.326 e. The van der Waals surface area contributed by atoms with Gasteiger partial charge in [-0.15, -0.1) is 0 Å². The number of carboxylic acid groups (broad SMARTS) is 1. The monoisotopic (exact) mass is 538 g/mol. The molecule has 2 amide bonds. The van der Waals surface area contributed by atoms with Gasteiger partial charge in [0.05, 0.1) is 5.92 Å². The molecule has 2 N–H and O–H groups in total. The number of rotatable bonds is 7. The van der Waals surface area contributed by atoms with Crippen LogP contribution in [0.1, 0.15) is 34.3 Å². The lowest BCUT2D eigenvalue weighted by Crippen LogP contribution is -2.50. The van der Waals surface area contributed by atoms with E-state index in [2.05, 4.69) is 5.32 Å². The van der Waals surface area contributed by atoms with Crippen molar-refractivity contribution in [2.45, 2.75) is 32.2 Å². The summed E-state index contributed by atoms with van der Waals surface area (Å²) in [6.07, 6.45) is 1.42. The molecule has 2 atom stereocenters. The van der Waals surface area contributed by atoms with Gasteiger partial charge in [0.1, 0.15) is 6.04 Å². The second-order valence-electron chi connectivity index (χ2n) is 9.38. The van der Waals surface area contributed by atoms with E-state index in [0.717, 1.165) is 22.3 Å². The molecule has 0 aromatic heterocycles. The topological polar surface area (TPSA) is 86.7 Å². The van der Waals surface area contributed by atoms with Gasteiger partial charge in [0.2, 0.25) is 5.91 Å². The van der Waals surface area contributed by atoms with E-state index in [-0.39, 0.29) is 24.8 Å². The zero-order chi connectivity index (χ0) is 26.5. The number of hydrogen-bond donors (Lipinski definition) is 2. The van der Waals surface area contributed by atoms with Crippen molar-refractivity contribution in [1.82, 2.24) is 10.2 Å². The van der Waals surface area contributed by atoms with Crippen LogP contribution in [0.3, 0.4) is 0 Å². The first-order valence-electron chi connectivity index (χ1n) is 12.1. The number of piperidine rings is 1. The van der Waals surface area contributed by atoms with Gasteiger partial charge in [-0.1, -0.05) is 71.2 Å². The summed E-state index contributed by atoms with van der Waals surface area (Å²) in [4.78, 5) is 39.6. The third-order valence-electron chi connectivity index (χ3n) is 6.63. The molecule has 3 aromatic carbocycles. The van der Waals surface area contributed by atoms with Crippen molar-refractivity contribution < 1.29 is 19.5 Å². The Balaban J connectivity index is 1.39. The van der Waals surface area contributed by atoms with Crippen LogP contribution in [0.2, 0.25) is 10.0 Å². The molecule has 1 heterocycles. The molecule has 4 rings (SSSR count). The highest BCUT2D eigenvalue weighted by molar-refractivity contribution is 6.36. The molecule has 1 aliphatic rings. The molecule has 1 unspecified atom stereocenters. The Hall–Kier alpha value is -3.35. The molecule has 1 fully saturated rings. The first-order valence-corrected chi connectivity index (χ1v) is 12.9. The van der Waals surface area contributed by atoms with Gasteiger partial charge in [-0.25, -0.2) is 4.79 Å². The molecule has 3 aromatic rings. The number of likely N-dealkylation sites (tertiary alicyclic amines) is 1. The number of hydrogen-bond acceptors (Lipinski definition) is 3. The predicted octanol–water partition coefficient (Wildman–Crippen LogP) is 5.63. The van der Waals surface area contributed by atoms with Crippen LogP contribution in [0.4, 0.5) is 0 Å². The molecule has 0 bridgehead atoms. The Labute approximate surface area is 226 Å². The maximum absolute atomic E-state index is 13.0. The number of carbonyl (C=O) groups is 3. The summed E-state index contributed by atoms with van der Waals surface area (Å²) >= 11 is 12.3. The quantitative estimate of drug-likeness (QED) is 0.407. The maximum Gasteiger partial charge on any atom is 0.326 e. The standard InChI is InChI=1S/C29H28Cl2N2O4/c1-18-4-8-21(9-5-18)28(35)33-14-2-3-22(17-33)27(34)32-26(29(36)37)15-19-6-10-20(11-7-19)24-13-12-23(30)16-25(24)31/h4-13,16,22,26H,2-3,14-15,17H2,1H3,(H,32,34)(H,36,37)/t22?,26-/m0/s1. The summed E-state index contributed by atoms with van der Waals surface area (Å²) in [5, 5.41) is 13.5. The van der Waals surface area contributed by atoms with Gasteiger partial charge in [0, 0.05) is 40.7 Å². The molecule has 1 aliphatic heterocycles. The van der Waals surface area contributed by atoms with Crippen LogP contribution < -0.4 is 5.32 Å². The van der Waals surface area contributed by atoms with Crippen molar-refractivity contribution >= 4 is 41.0 Å². The zero-order valence-corrected chi connectivity index (χ0v) is 21.9. The Morgan fingerprint density at radius 1 is 1.03 bits per heavy atom. The molecular weight excluding hydrogens is 511 g/mol.